The van der Waals surface area contributed by atoms with Gasteiger partial charge in [-0.05, 0) is 70.0 Å². The molecule has 0 spiro atoms. The quantitative estimate of drug-likeness (QED) is 0.232. The Morgan fingerprint density at radius 2 is 0.978 bits per heavy atom. The zero-order valence-corrected chi connectivity index (χ0v) is 25.1. The van der Waals surface area contributed by atoms with Crippen LogP contribution in [0.25, 0.3) is 38.6 Å². The highest BCUT2D eigenvalue weighted by molar-refractivity contribution is 7.14. The first-order valence-corrected chi connectivity index (χ1v) is 16.2. The number of aromatic nitrogens is 1. The topological polar surface area (TPSA) is 8.17 Å². The summed E-state index contributed by atoms with van der Waals surface area (Å²) in [5, 5.41) is 2.61. The molecule has 4 heterocycles. The molecule has 0 N–H and O–H groups in total. The average molecular weight is 580 g/mol. The third-order valence-electron chi connectivity index (χ3n) is 10.7. The number of nitrogens with zero attached hydrogens (tertiary/aromatic N) is 2. The number of fused-ring (bicyclic) bond motifs is 12. The standard InChI is InChI=1S/C42H26B2N2/c1-3-13-27(14-4-1)45-37-22-12-10-20-35(37)43-33-18-8-9-19-34(33)44-39-30(25-26-38(45)41(39)43)31-23-24-32-29-17-7-11-21-36(29)46(42(32)40(31)44)28-15-5-2-6-16-28/h1-26H. The van der Waals surface area contributed by atoms with Crippen LogP contribution in [0, 0.1) is 0 Å². The van der Waals surface area contributed by atoms with Gasteiger partial charge in [0.15, 0.2) is 0 Å². The van der Waals surface area contributed by atoms with E-state index in [1.807, 2.05) is 0 Å². The minimum Gasteiger partial charge on any atom is -0.312 e. The summed E-state index contributed by atoms with van der Waals surface area (Å²) in [5.74, 6) is 0. The molecular weight excluding hydrogens is 554 g/mol. The molecule has 0 atom stereocenters. The number of benzene rings is 7. The highest BCUT2D eigenvalue weighted by atomic mass is 15.1. The number of hydrogen-bond acceptors (Lipinski definition) is 1. The van der Waals surface area contributed by atoms with Crippen LogP contribution in [0.5, 0.6) is 0 Å². The molecule has 0 saturated heterocycles. The first kappa shape index (κ1) is 24.6. The van der Waals surface area contributed by atoms with Crippen molar-refractivity contribution in [1.29, 1.82) is 0 Å². The van der Waals surface area contributed by atoms with Crippen LogP contribution in [-0.2, 0) is 0 Å². The van der Waals surface area contributed by atoms with Crippen LogP contribution >= 0.6 is 0 Å². The molecule has 0 aliphatic carbocycles. The molecule has 3 aliphatic rings. The molecule has 0 radical (unpaired) electrons. The van der Waals surface area contributed by atoms with Crippen molar-refractivity contribution in [2.24, 2.45) is 0 Å². The van der Waals surface area contributed by atoms with E-state index in [4.69, 9.17) is 0 Å². The van der Waals surface area contributed by atoms with E-state index >= 15 is 0 Å². The van der Waals surface area contributed by atoms with Gasteiger partial charge in [0.2, 0.25) is 13.4 Å². The molecule has 0 fully saturated rings. The minimum absolute atomic E-state index is 0.144. The minimum atomic E-state index is 0.144. The van der Waals surface area contributed by atoms with Gasteiger partial charge in [0.05, 0.1) is 5.52 Å². The van der Waals surface area contributed by atoms with E-state index in [1.54, 1.807) is 0 Å². The van der Waals surface area contributed by atoms with Crippen molar-refractivity contribution in [3.8, 4) is 16.8 Å². The van der Waals surface area contributed by atoms with Crippen molar-refractivity contribution in [3.63, 3.8) is 0 Å². The lowest BCUT2D eigenvalue weighted by atomic mass is 9.21. The van der Waals surface area contributed by atoms with Gasteiger partial charge in [0.1, 0.15) is 0 Å². The zero-order chi connectivity index (χ0) is 29.9. The number of hydrogen-bond donors (Lipinski definition) is 0. The van der Waals surface area contributed by atoms with Gasteiger partial charge in [-0.2, -0.15) is 0 Å². The van der Waals surface area contributed by atoms with Gasteiger partial charge < -0.3 is 9.47 Å². The largest absolute Gasteiger partial charge is 0.312 e. The van der Waals surface area contributed by atoms with Crippen LogP contribution in [-0.4, -0.2) is 18.0 Å². The van der Waals surface area contributed by atoms with Gasteiger partial charge in [-0.15, -0.1) is 0 Å². The summed E-state index contributed by atoms with van der Waals surface area (Å²) in [4.78, 5) is 2.49. The Morgan fingerprint density at radius 3 is 1.78 bits per heavy atom. The first-order chi connectivity index (χ1) is 22.9. The van der Waals surface area contributed by atoms with Gasteiger partial charge in [-0.25, -0.2) is 0 Å². The summed E-state index contributed by atoms with van der Waals surface area (Å²) < 4.78 is 2.52. The van der Waals surface area contributed by atoms with Crippen molar-refractivity contribution < 1.29 is 0 Å². The third kappa shape index (κ3) is 2.99. The van der Waals surface area contributed by atoms with Crippen LogP contribution in [0.2, 0.25) is 0 Å². The number of rotatable bonds is 2. The summed E-state index contributed by atoms with van der Waals surface area (Å²) >= 11 is 0. The normalized spacial score (nSPS) is 13.5. The van der Waals surface area contributed by atoms with Crippen molar-refractivity contribution in [1.82, 2.24) is 4.57 Å². The lowest BCUT2D eigenvalue weighted by molar-refractivity contribution is 1.18. The molecule has 1 aromatic heterocycles. The number of anilines is 3. The molecule has 0 unspecified atom stereocenters. The molecule has 7 aromatic carbocycles. The Bertz CT molecular complexity index is 2550. The highest BCUT2D eigenvalue weighted by Crippen LogP contribution is 2.40. The Morgan fingerprint density at radius 1 is 0.370 bits per heavy atom. The second-order valence-electron chi connectivity index (χ2n) is 12.8. The van der Waals surface area contributed by atoms with Gasteiger partial charge >= 0.3 is 0 Å². The summed E-state index contributed by atoms with van der Waals surface area (Å²) in [6.07, 6.45) is 0. The van der Waals surface area contributed by atoms with E-state index in [2.05, 4.69) is 167 Å². The maximum Gasteiger partial charge on any atom is 0.245 e. The van der Waals surface area contributed by atoms with E-state index in [1.165, 1.54) is 88.5 Å². The monoisotopic (exact) mass is 580 g/mol. The molecule has 0 saturated carbocycles. The Balaban J connectivity index is 1.29. The molecular formula is C42H26B2N2. The molecule has 46 heavy (non-hydrogen) atoms. The summed E-state index contributed by atoms with van der Waals surface area (Å²) in [6.45, 7) is 0.323. The van der Waals surface area contributed by atoms with E-state index in [0.29, 0.717) is 0 Å². The SMILES string of the molecule is c1ccc(N2c3ccccc3B3c4ccccc4B4c5c(ccc2c53)-c2ccc3c5ccccc5n(-c5ccccc5)c3c24)cc1. The predicted octanol–water partition coefficient (Wildman–Crippen LogP) is 5.89. The molecule has 3 aliphatic heterocycles. The Hall–Kier alpha value is -5.73. The van der Waals surface area contributed by atoms with Gasteiger partial charge in [0, 0.05) is 39.0 Å². The van der Waals surface area contributed by atoms with Crippen LogP contribution in [0.4, 0.5) is 17.1 Å². The maximum absolute atomic E-state index is 2.52. The van der Waals surface area contributed by atoms with Crippen LogP contribution < -0.4 is 37.7 Å². The number of para-hydroxylation sites is 4. The summed E-state index contributed by atoms with van der Waals surface area (Å²) in [6, 6.07) is 58.5. The smallest absolute Gasteiger partial charge is 0.245 e. The fourth-order valence-electron chi connectivity index (χ4n) is 9.02. The summed E-state index contributed by atoms with van der Waals surface area (Å²) in [5.41, 5.74) is 18.8. The fraction of sp³-hybridized carbons (Fsp3) is 0. The van der Waals surface area contributed by atoms with Crippen LogP contribution in [0.3, 0.4) is 0 Å². The van der Waals surface area contributed by atoms with E-state index < -0.39 is 0 Å². The van der Waals surface area contributed by atoms with Crippen molar-refractivity contribution in [3.05, 3.63) is 158 Å². The summed E-state index contributed by atoms with van der Waals surface area (Å²) in [7, 11) is 0. The van der Waals surface area contributed by atoms with E-state index in [9.17, 15) is 0 Å². The Kier molecular flexibility index (Phi) is 4.77. The molecule has 11 rings (SSSR count). The van der Waals surface area contributed by atoms with Gasteiger partial charge in [-0.3, -0.25) is 0 Å². The lowest BCUT2D eigenvalue weighted by Gasteiger charge is -2.41. The fourth-order valence-corrected chi connectivity index (χ4v) is 9.02. The van der Waals surface area contributed by atoms with Gasteiger partial charge in [0.25, 0.3) is 0 Å². The van der Waals surface area contributed by atoms with Crippen molar-refractivity contribution in [2.75, 3.05) is 4.90 Å². The lowest BCUT2D eigenvalue weighted by Crippen LogP contribution is -2.75. The van der Waals surface area contributed by atoms with Gasteiger partial charge in [-0.1, -0.05) is 132 Å². The first-order valence-electron chi connectivity index (χ1n) is 16.2. The van der Waals surface area contributed by atoms with Crippen LogP contribution in [0.15, 0.2) is 158 Å². The zero-order valence-electron chi connectivity index (χ0n) is 25.1. The van der Waals surface area contributed by atoms with Crippen molar-refractivity contribution >= 4 is 85.1 Å². The third-order valence-corrected chi connectivity index (χ3v) is 10.7. The maximum atomic E-state index is 2.52. The van der Waals surface area contributed by atoms with E-state index in [0.717, 1.165) is 0 Å². The molecule has 2 nitrogen and oxygen atoms in total. The average Bonchev–Trinajstić information content (AvgIpc) is 3.65. The predicted molar refractivity (Wildman–Crippen MR) is 197 cm³/mol. The molecule has 0 amide bonds. The molecule has 0 bridgehead atoms. The van der Waals surface area contributed by atoms with E-state index in [-0.39, 0.29) is 13.4 Å². The van der Waals surface area contributed by atoms with Crippen LogP contribution in [0.1, 0.15) is 0 Å². The second kappa shape index (κ2) is 8.93. The van der Waals surface area contributed by atoms with Crippen molar-refractivity contribution in [2.45, 2.75) is 0 Å². The molecule has 210 valence electrons. The molecule has 8 aromatic rings. The highest BCUT2D eigenvalue weighted by Gasteiger charge is 2.49. The Labute approximate surface area is 268 Å². The second-order valence-corrected chi connectivity index (χ2v) is 12.8. The molecule has 4 heteroatoms.